The lowest BCUT2D eigenvalue weighted by Gasteiger charge is -2.04. The number of nitrogens with one attached hydrogen (secondary N) is 1. The Bertz CT molecular complexity index is 422. The van der Waals surface area contributed by atoms with Crippen LogP contribution in [0.15, 0.2) is 18.2 Å². The summed E-state index contributed by atoms with van der Waals surface area (Å²) in [6, 6.07) is 5.46. The van der Waals surface area contributed by atoms with Gasteiger partial charge in [-0.05, 0) is 24.1 Å². The van der Waals surface area contributed by atoms with Gasteiger partial charge in [0.15, 0.2) is 0 Å². The molecule has 1 aliphatic carbocycles. The average molecular weight is 259 g/mol. The molecular weight excluding hydrogens is 247 g/mol. The van der Waals surface area contributed by atoms with Crippen LogP contribution in [-0.2, 0) is 11.2 Å². The molecule has 3 N–H and O–H groups in total. The second kappa shape index (κ2) is 4.62. The predicted octanol–water partition coefficient (Wildman–Crippen LogP) is 1.75. The Morgan fingerprint density at radius 1 is 1.44 bits per heavy atom. The number of hydrogen-bond acceptors (Lipinski definition) is 2. The lowest BCUT2D eigenvalue weighted by Crippen LogP contribution is -2.30. The first-order chi connectivity index (χ1) is 7.56. The molecule has 1 aliphatic rings. The Morgan fingerprint density at radius 2 is 2.12 bits per heavy atom. The molecule has 0 aliphatic heterocycles. The van der Waals surface area contributed by atoms with E-state index in [9.17, 15) is 4.79 Å². The van der Waals surface area contributed by atoms with Gasteiger partial charge in [0, 0.05) is 12.1 Å². The van der Waals surface area contributed by atoms with E-state index in [4.69, 9.17) is 28.9 Å². The van der Waals surface area contributed by atoms with Crippen LogP contribution in [0.4, 0.5) is 0 Å². The molecule has 0 spiro atoms. The fraction of sp³-hybridized carbons (Fsp3) is 0.364. The van der Waals surface area contributed by atoms with Crippen molar-refractivity contribution in [3.8, 4) is 0 Å². The molecule has 0 aromatic heterocycles. The van der Waals surface area contributed by atoms with Crippen molar-refractivity contribution >= 4 is 29.1 Å². The molecule has 2 atom stereocenters. The van der Waals surface area contributed by atoms with Crippen LogP contribution in [-0.4, -0.2) is 18.0 Å². The molecule has 1 aromatic rings. The molecular formula is C11H12Cl2N2O. The standard InChI is InChI=1S/C11H12Cl2N2O/c12-7-2-1-6(3-8(7)13)4-11(16)15-10-5-9(10)14/h1-3,9-10H,4-5,14H2,(H,15,16). The van der Waals surface area contributed by atoms with Crippen molar-refractivity contribution < 1.29 is 4.79 Å². The third-order valence-corrected chi connectivity index (χ3v) is 3.27. The largest absolute Gasteiger partial charge is 0.351 e. The summed E-state index contributed by atoms with van der Waals surface area (Å²) in [6.07, 6.45) is 1.17. The van der Waals surface area contributed by atoms with Gasteiger partial charge >= 0.3 is 0 Å². The van der Waals surface area contributed by atoms with Gasteiger partial charge in [-0.15, -0.1) is 0 Å². The summed E-state index contributed by atoms with van der Waals surface area (Å²) in [7, 11) is 0. The number of amides is 1. The van der Waals surface area contributed by atoms with Crippen molar-refractivity contribution in [3.05, 3.63) is 33.8 Å². The van der Waals surface area contributed by atoms with Gasteiger partial charge in [-0.3, -0.25) is 4.79 Å². The second-order valence-electron chi connectivity index (χ2n) is 4.00. The molecule has 2 unspecified atom stereocenters. The summed E-state index contributed by atoms with van der Waals surface area (Å²) in [5.41, 5.74) is 6.45. The maximum Gasteiger partial charge on any atom is 0.224 e. The predicted molar refractivity (Wildman–Crippen MR) is 64.7 cm³/mol. The molecule has 0 saturated heterocycles. The monoisotopic (exact) mass is 258 g/mol. The first kappa shape index (κ1) is 11.7. The van der Waals surface area contributed by atoms with Crippen molar-refractivity contribution in [2.75, 3.05) is 0 Å². The van der Waals surface area contributed by atoms with Crippen LogP contribution < -0.4 is 11.1 Å². The average Bonchev–Trinajstić information content (AvgIpc) is 2.88. The summed E-state index contributed by atoms with van der Waals surface area (Å²) in [5, 5.41) is 3.81. The topological polar surface area (TPSA) is 55.1 Å². The maximum atomic E-state index is 11.6. The van der Waals surface area contributed by atoms with Crippen molar-refractivity contribution in [2.24, 2.45) is 5.73 Å². The number of halogens is 2. The Labute approximate surface area is 104 Å². The minimum absolute atomic E-state index is 0.0312. The number of carbonyl (C=O) groups excluding carboxylic acids is 1. The third kappa shape index (κ3) is 2.88. The zero-order valence-electron chi connectivity index (χ0n) is 8.54. The summed E-state index contributed by atoms with van der Waals surface area (Å²) in [4.78, 5) is 11.6. The van der Waals surface area contributed by atoms with Gasteiger partial charge in [-0.1, -0.05) is 29.3 Å². The first-order valence-electron chi connectivity index (χ1n) is 5.05. The highest BCUT2D eigenvalue weighted by molar-refractivity contribution is 6.42. The van der Waals surface area contributed by atoms with E-state index in [1.807, 2.05) is 0 Å². The molecule has 1 amide bonds. The Morgan fingerprint density at radius 3 is 2.69 bits per heavy atom. The summed E-state index contributed by atoms with van der Waals surface area (Å²) in [5.74, 6) is -0.0312. The number of benzene rings is 1. The lowest BCUT2D eigenvalue weighted by molar-refractivity contribution is -0.120. The van der Waals surface area contributed by atoms with E-state index in [0.717, 1.165) is 12.0 Å². The van der Waals surface area contributed by atoms with Crippen LogP contribution >= 0.6 is 23.2 Å². The molecule has 0 bridgehead atoms. The molecule has 1 fully saturated rings. The van der Waals surface area contributed by atoms with E-state index in [2.05, 4.69) is 5.32 Å². The molecule has 16 heavy (non-hydrogen) atoms. The molecule has 0 radical (unpaired) electrons. The highest BCUT2D eigenvalue weighted by Gasteiger charge is 2.34. The first-order valence-corrected chi connectivity index (χ1v) is 5.80. The van der Waals surface area contributed by atoms with Crippen molar-refractivity contribution in [1.29, 1.82) is 0 Å². The molecule has 1 aromatic carbocycles. The zero-order chi connectivity index (χ0) is 11.7. The molecule has 3 nitrogen and oxygen atoms in total. The fourth-order valence-corrected chi connectivity index (χ4v) is 1.79. The van der Waals surface area contributed by atoms with Gasteiger partial charge in [-0.25, -0.2) is 0 Å². The molecule has 2 rings (SSSR count). The van der Waals surface area contributed by atoms with Gasteiger partial charge in [0.2, 0.25) is 5.91 Å². The van der Waals surface area contributed by atoms with Gasteiger partial charge in [0.05, 0.1) is 16.5 Å². The summed E-state index contributed by atoms with van der Waals surface area (Å²) >= 11 is 11.6. The Balaban J connectivity index is 1.92. The third-order valence-electron chi connectivity index (χ3n) is 2.53. The van der Waals surface area contributed by atoms with E-state index in [1.165, 1.54) is 0 Å². The van der Waals surface area contributed by atoms with Crippen molar-refractivity contribution in [2.45, 2.75) is 24.9 Å². The van der Waals surface area contributed by atoms with E-state index >= 15 is 0 Å². The van der Waals surface area contributed by atoms with Gasteiger partial charge in [0.25, 0.3) is 0 Å². The van der Waals surface area contributed by atoms with Crippen LogP contribution in [0.25, 0.3) is 0 Å². The lowest BCUT2D eigenvalue weighted by atomic mass is 10.1. The normalized spacial score (nSPS) is 22.9. The van der Waals surface area contributed by atoms with E-state index < -0.39 is 0 Å². The Hall–Kier alpha value is -0.770. The van der Waals surface area contributed by atoms with Crippen LogP contribution in [0.3, 0.4) is 0 Å². The van der Waals surface area contributed by atoms with Crippen LogP contribution in [0.2, 0.25) is 10.0 Å². The van der Waals surface area contributed by atoms with Gasteiger partial charge < -0.3 is 11.1 Å². The van der Waals surface area contributed by atoms with Gasteiger partial charge in [-0.2, -0.15) is 0 Å². The Kier molecular flexibility index (Phi) is 3.38. The smallest absolute Gasteiger partial charge is 0.224 e. The number of hydrogen-bond donors (Lipinski definition) is 2. The molecule has 1 saturated carbocycles. The SMILES string of the molecule is NC1CC1NC(=O)Cc1ccc(Cl)c(Cl)c1. The maximum absolute atomic E-state index is 11.6. The summed E-state index contributed by atoms with van der Waals surface area (Å²) in [6.45, 7) is 0. The van der Waals surface area contributed by atoms with Gasteiger partial charge in [0.1, 0.15) is 0 Å². The molecule has 5 heteroatoms. The minimum Gasteiger partial charge on any atom is -0.351 e. The quantitative estimate of drug-likeness (QED) is 0.868. The molecule has 0 heterocycles. The fourth-order valence-electron chi connectivity index (χ4n) is 1.47. The van der Waals surface area contributed by atoms with Crippen LogP contribution in [0, 0.1) is 0 Å². The highest BCUT2D eigenvalue weighted by atomic mass is 35.5. The van der Waals surface area contributed by atoms with E-state index in [1.54, 1.807) is 18.2 Å². The van der Waals surface area contributed by atoms with Crippen molar-refractivity contribution in [3.63, 3.8) is 0 Å². The second-order valence-corrected chi connectivity index (χ2v) is 4.81. The zero-order valence-corrected chi connectivity index (χ0v) is 10.1. The van der Waals surface area contributed by atoms with Crippen LogP contribution in [0.5, 0.6) is 0 Å². The highest BCUT2D eigenvalue weighted by Crippen LogP contribution is 2.23. The van der Waals surface area contributed by atoms with E-state index in [-0.39, 0.29) is 18.0 Å². The number of carbonyl (C=O) groups is 1. The molecule has 86 valence electrons. The number of rotatable bonds is 3. The summed E-state index contributed by atoms with van der Waals surface area (Å²) < 4.78 is 0. The minimum atomic E-state index is -0.0312. The van der Waals surface area contributed by atoms with Crippen LogP contribution in [0.1, 0.15) is 12.0 Å². The number of nitrogens with two attached hydrogens (primary N) is 1. The van der Waals surface area contributed by atoms with Crippen molar-refractivity contribution in [1.82, 2.24) is 5.32 Å². The van der Waals surface area contributed by atoms with E-state index in [0.29, 0.717) is 16.5 Å².